The van der Waals surface area contributed by atoms with Crippen molar-refractivity contribution in [3.8, 4) is 0 Å². The maximum atomic E-state index is 12.4. The van der Waals surface area contributed by atoms with E-state index in [1.165, 1.54) is 0 Å². The number of aromatic amines is 1. The molecule has 1 aliphatic heterocycles. The van der Waals surface area contributed by atoms with Gasteiger partial charge < -0.3 is 15.2 Å². The number of carbonyl (C=O) groups is 1. The van der Waals surface area contributed by atoms with Crippen LogP contribution < -0.4 is 5.32 Å². The predicted octanol–water partition coefficient (Wildman–Crippen LogP) is 4.13. The van der Waals surface area contributed by atoms with Gasteiger partial charge in [0.25, 0.3) is 0 Å². The minimum absolute atomic E-state index is 0.0176. The molecule has 21 heavy (non-hydrogen) atoms. The van der Waals surface area contributed by atoms with Crippen LogP contribution in [-0.2, 0) is 0 Å². The topological polar surface area (TPSA) is 48.1 Å². The molecule has 0 unspecified atom stereocenters. The molecule has 0 saturated carbocycles. The number of benzene rings is 1. The second-order valence-corrected chi connectivity index (χ2v) is 5.50. The monoisotopic (exact) mass is 283 g/mol. The second kappa shape index (κ2) is 6.04. The van der Waals surface area contributed by atoms with E-state index >= 15 is 0 Å². The predicted molar refractivity (Wildman–Crippen MR) is 86.5 cm³/mol. The van der Waals surface area contributed by atoms with Crippen LogP contribution in [0.1, 0.15) is 26.2 Å². The van der Waals surface area contributed by atoms with Crippen molar-refractivity contribution in [3.05, 3.63) is 42.6 Å². The van der Waals surface area contributed by atoms with E-state index in [0.29, 0.717) is 6.54 Å². The molecule has 4 nitrogen and oxygen atoms in total. The van der Waals surface area contributed by atoms with E-state index in [4.69, 9.17) is 0 Å². The van der Waals surface area contributed by atoms with Gasteiger partial charge in [0.2, 0.25) is 0 Å². The Bertz CT molecular complexity index is 659. The molecular weight excluding hydrogens is 262 g/mol. The molecular formula is C17H21N3O. The Balaban J connectivity index is 1.67. The Kier molecular flexibility index (Phi) is 3.95. The number of hydrogen-bond acceptors (Lipinski definition) is 1. The lowest BCUT2D eigenvalue weighted by Gasteiger charge is -2.24. The number of rotatable bonds is 4. The summed E-state index contributed by atoms with van der Waals surface area (Å²) in [6.45, 7) is 2.88. The molecule has 4 heteroatoms. The number of urea groups is 1. The molecule has 0 spiro atoms. The fourth-order valence-electron chi connectivity index (χ4n) is 2.80. The van der Waals surface area contributed by atoms with Gasteiger partial charge in [-0.15, -0.1) is 0 Å². The fraction of sp³-hybridized carbons (Fsp3) is 0.353. The maximum Gasteiger partial charge on any atom is 0.322 e. The summed E-state index contributed by atoms with van der Waals surface area (Å²) in [5.74, 6) is 0. The van der Waals surface area contributed by atoms with Gasteiger partial charge in [-0.2, -0.15) is 0 Å². The Morgan fingerprint density at radius 3 is 3.19 bits per heavy atom. The van der Waals surface area contributed by atoms with Gasteiger partial charge in [0, 0.05) is 29.3 Å². The molecule has 2 amide bonds. The van der Waals surface area contributed by atoms with Crippen LogP contribution in [0.4, 0.5) is 10.5 Å². The average molecular weight is 283 g/mol. The number of amides is 2. The molecule has 110 valence electrons. The van der Waals surface area contributed by atoms with Crippen LogP contribution in [0.3, 0.4) is 0 Å². The highest BCUT2D eigenvalue weighted by molar-refractivity contribution is 5.93. The molecule has 0 aliphatic carbocycles. The Morgan fingerprint density at radius 2 is 2.33 bits per heavy atom. The van der Waals surface area contributed by atoms with Gasteiger partial charge in [-0.3, -0.25) is 0 Å². The molecule has 1 aromatic carbocycles. The largest absolute Gasteiger partial charge is 0.361 e. The molecule has 0 fully saturated rings. The quantitative estimate of drug-likeness (QED) is 0.814. The number of carbonyl (C=O) groups excluding carboxylic acids is 1. The van der Waals surface area contributed by atoms with Crippen LogP contribution >= 0.6 is 0 Å². The molecule has 3 rings (SSSR count). The highest BCUT2D eigenvalue weighted by atomic mass is 16.2. The molecule has 2 N–H and O–H groups in total. The Labute approximate surface area is 124 Å². The number of nitrogens with zero attached hydrogens (tertiary/aromatic N) is 1. The first-order valence-electron chi connectivity index (χ1n) is 7.59. The third-order valence-corrected chi connectivity index (χ3v) is 3.98. The number of H-pyrrole nitrogens is 1. The van der Waals surface area contributed by atoms with Crippen LogP contribution in [0.15, 0.2) is 42.6 Å². The summed E-state index contributed by atoms with van der Waals surface area (Å²) in [7, 11) is 0. The summed E-state index contributed by atoms with van der Waals surface area (Å²) >= 11 is 0. The number of hydrogen-bond donors (Lipinski definition) is 2. The average Bonchev–Trinajstić information content (AvgIpc) is 3.13. The smallest absolute Gasteiger partial charge is 0.322 e. The zero-order valence-electron chi connectivity index (χ0n) is 12.3. The SMILES string of the molecule is CCCC[C@@H]1C=CCN1C(=O)Nc1ccc2[nH]ccc2c1. The molecule has 1 atom stereocenters. The van der Waals surface area contributed by atoms with Gasteiger partial charge in [-0.05, 0) is 30.7 Å². The Morgan fingerprint density at radius 1 is 1.43 bits per heavy atom. The van der Waals surface area contributed by atoms with Gasteiger partial charge in [0.05, 0.1) is 6.04 Å². The highest BCUT2D eigenvalue weighted by Crippen LogP contribution is 2.20. The normalized spacial score (nSPS) is 17.6. The first kappa shape index (κ1) is 13.7. The summed E-state index contributed by atoms with van der Waals surface area (Å²) < 4.78 is 0. The molecule has 0 bridgehead atoms. The van der Waals surface area contributed by atoms with Crippen LogP contribution in [-0.4, -0.2) is 28.5 Å². The number of nitrogens with one attached hydrogen (secondary N) is 2. The molecule has 2 aromatic rings. The lowest BCUT2D eigenvalue weighted by Crippen LogP contribution is -2.39. The fourth-order valence-corrected chi connectivity index (χ4v) is 2.80. The Hall–Kier alpha value is -2.23. The van der Waals surface area contributed by atoms with Crippen molar-refractivity contribution in [2.45, 2.75) is 32.2 Å². The van der Waals surface area contributed by atoms with Gasteiger partial charge in [-0.25, -0.2) is 4.79 Å². The van der Waals surface area contributed by atoms with Crippen LogP contribution in [0.25, 0.3) is 10.9 Å². The molecule has 1 aliphatic rings. The van der Waals surface area contributed by atoms with Gasteiger partial charge in [-0.1, -0.05) is 31.9 Å². The zero-order valence-corrected chi connectivity index (χ0v) is 12.3. The minimum Gasteiger partial charge on any atom is -0.361 e. The van der Waals surface area contributed by atoms with Crippen molar-refractivity contribution in [2.75, 3.05) is 11.9 Å². The number of unbranched alkanes of at least 4 members (excludes halogenated alkanes) is 1. The van der Waals surface area contributed by atoms with E-state index in [1.807, 2.05) is 35.4 Å². The lowest BCUT2D eigenvalue weighted by atomic mass is 10.1. The third-order valence-electron chi connectivity index (χ3n) is 3.98. The van der Waals surface area contributed by atoms with Crippen molar-refractivity contribution in [1.29, 1.82) is 0 Å². The van der Waals surface area contributed by atoms with Gasteiger partial charge in [0.1, 0.15) is 0 Å². The van der Waals surface area contributed by atoms with Gasteiger partial charge >= 0.3 is 6.03 Å². The van der Waals surface area contributed by atoms with Crippen LogP contribution in [0, 0.1) is 0 Å². The van der Waals surface area contributed by atoms with E-state index < -0.39 is 0 Å². The summed E-state index contributed by atoms with van der Waals surface area (Å²) in [6.07, 6.45) is 9.47. The third kappa shape index (κ3) is 2.94. The number of fused-ring (bicyclic) bond motifs is 1. The van der Waals surface area contributed by atoms with E-state index in [0.717, 1.165) is 35.9 Å². The van der Waals surface area contributed by atoms with E-state index in [-0.39, 0.29) is 12.1 Å². The standard InChI is InChI=1S/C17H21N3O/c1-2-3-5-15-6-4-11-20(15)17(21)19-14-7-8-16-13(12-14)9-10-18-16/h4,6-10,12,15,18H,2-3,5,11H2,1H3,(H,19,21)/t15-/m1/s1. The summed E-state index contributed by atoms with van der Waals surface area (Å²) in [5, 5.41) is 4.11. The van der Waals surface area contributed by atoms with E-state index in [2.05, 4.69) is 29.4 Å². The van der Waals surface area contributed by atoms with Crippen molar-refractivity contribution in [1.82, 2.24) is 9.88 Å². The highest BCUT2D eigenvalue weighted by Gasteiger charge is 2.24. The summed E-state index contributed by atoms with van der Waals surface area (Å²) in [4.78, 5) is 17.5. The summed E-state index contributed by atoms with van der Waals surface area (Å²) in [5.41, 5.74) is 1.92. The van der Waals surface area contributed by atoms with E-state index in [1.54, 1.807) is 0 Å². The number of aromatic nitrogens is 1. The van der Waals surface area contributed by atoms with E-state index in [9.17, 15) is 4.79 Å². The minimum atomic E-state index is -0.0176. The molecule has 0 saturated heterocycles. The molecule has 2 heterocycles. The zero-order chi connectivity index (χ0) is 14.7. The van der Waals surface area contributed by atoms with Gasteiger partial charge in [0.15, 0.2) is 0 Å². The first-order valence-corrected chi connectivity index (χ1v) is 7.59. The van der Waals surface area contributed by atoms with Crippen molar-refractivity contribution in [3.63, 3.8) is 0 Å². The van der Waals surface area contributed by atoms with Crippen molar-refractivity contribution in [2.24, 2.45) is 0 Å². The molecule has 1 aromatic heterocycles. The maximum absolute atomic E-state index is 12.4. The lowest BCUT2D eigenvalue weighted by molar-refractivity contribution is 0.208. The second-order valence-electron chi connectivity index (χ2n) is 5.50. The molecule has 0 radical (unpaired) electrons. The van der Waals surface area contributed by atoms with Crippen molar-refractivity contribution >= 4 is 22.6 Å². The van der Waals surface area contributed by atoms with Crippen LogP contribution in [0.2, 0.25) is 0 Å². The summed E-state index contributed by atoms with van der Waals surface area (Å²) in [6, 6.07) is 8.14. The van der Waals surface area contributed by atoms with Crippen molar-refractivity contribution < 1.29 is 4.79 Å². The number of anilines is 1. The van der Waals surface area contributed by atoms with Crippen LogP contribution in [0.5, 0.6) is 0 Å². The first-order chi connectivity index (χ1) is 10.3.